The lowest BCUT2D eigenvalue weighted by Crippen LogP contribution is -2.32. The van der Waals surface area contributed by atoms with Gasteiger partial charge in [-0.3, -0.25) is 4.79 Å². The minimum absolute atomic E-state index is 0.160. The Hall–Kier alpha value is -2.29. The molecule has 0 radical (unpaired) electrons. The molecule has 1 heterocycles. The highest BCUT2D eigenvalue weighted by molar-refractivity contribution is 7.88. The summed E-state index contributed by atoms with van der Waals surface area (Å²) in [5.41, 5.74) is 1.69. The molecule has 1 aliphatic rings. The third-order valence-electron chi connectivity index (χ3n) is 4.38. The van der Waals surface area contributed by atoms with E-state index in [0.29, 0.717) is 40.9 Å². The van der Waals surface area contributed by atoms with Crippen LogP contribution >= 0.6 is 11.6 Å². The zero-order chi connectivity index (χ0) is 21.7. The highest BCUT2D eigenvalue weighted by Crippen LogP contribution is 2.38. The number of hydrogen-bond acceptors (Lipinski definition) is 5. The van der Waals surface area contributed by atoms with E-state index in [-0.39, 0.29) is 24.2 Å². The van der Waals surface area contributed by atoms with Gasteiger partial charge in [0.15, 0.2) is 11.5 Å². The van der Waals surface area contributed by atoms with E-state index >= 15 is 0 Å². The number of hydrogen-bond donors (Lipinski definition) is 2. The molecule has 0 aromatic heterocycles. The van der Waals surface area contributed by atoms with Crippen molar-refractivity contribution >= 4 is 27.5 Å². The molecule has 0 atom stereocenters. The van der Waals surface area contributed by atoms with Gasteiger partial charge in [0.25, 0.3) is 5.91 Å². The highest BCUT2D eigenvalue weighted by Gasteiger charge is 2.19. The van der Waals surface area contributed by atoms with Gasteiger partial charge in [0.1, 0.15) is 0 Å². The molecule has 0 unspecified atom stereocenters. The molecule has 0 saturated heterocycles. The Bertz CT molecular complexity index is 1020. The van der Waals surface area contributed by atoms with E-state index in [1.807, 2.05) is 0 Å². The highest BCUT2D eigenvalue weighted by atomic mass is 35.5. The van der Waals surface area contributed by atoms with Gasteiger partial charge in [-0.1, -0.05) is 35.9 Å². The van der Waals surface area contributed by atoms with Crippen LogP contribution in [0.1, 0.15) is 41.8 Å². The molecular weight excluding hydrogens is 428 g/mol. The maximum atomic E-state index is 12.7. The van der Waals surface area contributed by atoms with Crippen LogP contribution in [-0.2, 0) is 22.3 Å². The van der Waals surface area contributed by atoms with Crippen molar-refractivity contribution < 1.29 is 22.7 Å². The summed E-state index contributed by atoms with van der Waals surface area (Å²) in [6.07, 6.45) is 0.734. The lowest BCUT2D eigenvalue weighted by atomic mass is 10.1. The van der Waals surface area contributed by atoms with E-state index in [1.165, 1.54) is 6.07 Å². The maximum absolute atomic E-state index is 12.7. The molecule has 1 amide bonds. The van der Waals surface area contributed by atoms with Gasteiger partial charge < -0.3 is 14.8 Å². The van der Waals surface area contributed by atoms with Crippen molar-refractivity contribution in [3.63, 3.8) is 0 Å². The molecule has 0 spiro atoms. The number of sulfonamides is 1. The van der Waals surface area contributed by atoms with Gasteiger partial charge in [-0.05, 0) is 37.1 Å². The second-order valence-electron chi connectivity index (χ2n) is 7.32. The van der Waals surface area contributed by atoms with E-state index in [4.69, 9.17) is 21.1 Å². The molecule has 9 heteroatoms. The van der Waals surface area contributed by atoms with Gasteiger partial charge in [-0.25, -0.2) is 13.1 Å². The number of fused-ring (bicyclic) bond motifs is 1. The van der Waals surface area contributed by atoms with Crippen LogP contribution in [0, 0.1) is 0 Å². The number of halogens is 1. The number of carbonyl (C=O) groups is 1. The maximum Gasteiger partial charge on any atom is 0.251 e. The average molecular weight is 453 g/mol. The quantitative estimate of drug-likeness (QED) is 0.672. The van der Waals surface area contributed by atoms with Crippen molar-refractivity contribution in [3.05, 3.63) is 58.1 Å². The summed E-state index contributed by atoms with van der Waals surface area (Å²) in [5, 5.41) is 3.13. The molecule has 0 bridgehead atoms. The molecule has 2 aromatic carbocycles. The number of nitrogens with one attached hydrogen (secondary N) is 2. The van der Waals surface area contributed by atoms with Gasteiger partial charge in [0.2, 0.25) is 10.0 Å². The van der Waals surface area contributed by atoms with Gasteiger partial charge in [0, 0.05) is 24.6 Å². The van der Waals surface area contributed by atoms with E-state index in [1.54, 1.807) is 44.2 Å². The largest absolute Gasteiger partial charge is 0.489 e. The Kier molecular flexibility index (Phi) is 7.23. The first kappa shape index (κ1) is 22.4. The average Bonchev–Trinajstić information content (AvgIpc) is 2.91. The zero-order valence-electron chi connectivity index (χ0n) is 16.9. The summed E-state index contributed by atoms with van der Waals surface area (Å²) in [6.45, 7) is 4.71. The van der Waals surface area contributed by atoms with Crippen LogP contribution in [0.2, 0.25) is 5.02 Å². The van der Waals surface area contributed by atoms with Crippen molar-refractivity contribution in [2.45, 2.75) is 38.6 Å². The number of ether oxygens (including phenoxy) is 2. The lowest BCUT2D eigenvalue weighted by Gasteiger charge is -2.14. The van der Waals surface area contributed by atoms with Crippen LogP contribution in [0.5, 0.6) is 11.5 Å². The molecule has 3 rings (SSSR count). The molecule has 0 fully saturated rings. The molecule has 0 aliphatic carbocycles. The van der Waals surface area contributed by atoms with Crippen LogP contribution in [0.3, 0.4) is 0 Å². The van der Waals surface area contributed by atoms with Gasteiger partial charge in [-0.15, -0.1) is 0 Å². The molecule has 2 N–H and O–H groups in total. The number of benzene rings is 2. The summed E-state index contributed by atoms with van der Waals surface area (Å²) >= 11 is 6.26. The topological polar surface area (TPSA) is 93.7 Å². The fraction of sp³-hybridized carbons (Fsp3) is 0.381. The number of carbonyl (C=O) groups excluding carboxylic acids is 1. The summed E-state index contributed by atoms with van der Waals surface area (Å²) in [6, 6.07) is 10.1. The normalized spacial score (nSPS) is 13.7. The summed E-state index contributed by atoms with van der Waals surface area (Å²) < 4.78 is 38.3. The van der Waals surface area contributed by atoms with E-state index in [9.17, 15) is 13.2 Å². The van der Waals surface area contributed by atoms with Crippen molar-refractivity contribution in [2.75, 3.05) is 13.2 Å². The van der Waals surface area contributed by atoms with Crippen LogP contribution in [0.4, 0.5) is 0 Å². The van der Waals surface area contributed by atoms with Crippen molar-refractivity contribution in [3.8, 4) is 11.5 Å². The van der Waals surface area contributed by atoms with Gasteiger partial charge in [0.05, 0.1) is 24.0 Å². The minimum atomic E-state index is -3.48. The van der Waals surface area contributed by atoms with E-state index < -0.39 is 10.0 Å². The summed E-state index contributed by atoms with van der Waals surface area (Å²) in [4.78, 5) is 12.7. The third-order valence-corrected chi connectivity index (χ3v) is 6.19. The first-order chi connectivity index (χ1) is 14.2. The third kappa shape index (κ3) is 5.87. The fourth-order valence-corrected chi connectivity index (χ4v) is 4.87. The van der Waals surface area contributed by atoms with Crippen LogP contribution in [0.25, 0.3) is 0 Å². The standard InChI is InChI=1S/C21H25ClN2O5S/c1-14(2)24-30(26,27)13-16-7-4-3-6-15(16)12-23-21(25)17-10-18(22)20-19(11-17)28-8-5-9-29-20/h3-4,6-7,10-11,14,24H,5,8-9,12-13H2,1-2H3,(H,23,25). The predicted molar refractivity (Wildman–Crippen MR) is 116 cm³/mol. The Balaban J connectivity index is 1.73. The Morgan fingerprint density at radius 3 is 2.57 bits per heavy atom. The van der Waals surface area contributed by atoms with Gasteiger partial charge >= 0.3 is 0 Å². The van der Waals surface area contributed by atoms with Crippen LogP contribution < -0.4 is 19.5 Å². The molecule has 162 valence electrons. The Labute approximate surface area is 181 Å². The second kappa shape index (κ2) is 9.68. The van der Waals surface area contributed by atoms with Gasteiger partial charge in [-0.2, -0.15) is 0 Å². The zero-order valence-corrected chi connectivity index (χ0v) is 18.5. The van der Waals surface area contributed by atoms with Crippen LogP contribution in [0.15, 0.2) is 36.4 Å². The van der Waals surface area contributed by atoms with E-state index in [2.05, 4.69) is 10.0 Å². The SMILES string of the molecule is CC(C)NS(=O)(=O)Cc1ccccc1CNC(=O)c1cc(Cl)c2c(c1)OCCCO2. The van der Waals surface area contributed by atoms with Crippen molar-refractivity contribution in [2.24, 2.45) is 0 Å². The molecule has 30 heavy (non-hydrogen) atoms. The molecule has 1 aliphatic heterocycles. The fourth-order valence-electron chi connectivity index (χ4n) is 3.12. The number of rotatable bonds is 7. The minimum Gasteiger partial charge on any atom is -0.489 e. The summed E-state index contributed by atoms with van der Waals surface area (Å²) in [7, 11) is -3.48. The van der Waals surface area contributed by atoms with Crippen molar-refractivity contribution in [1.82, 2.24) is 10.0 Å². The monoisotopic (exact) mass is 452 g/mol. The van der Waals surface area contributed by atoms with Crippen LogP contribution in [-0.4, -0.2) is 33.6 Å². The van der Waals surface area contributed by atoms with Crippen molar-refractivity contribution in [1.29, 1.82) is 0 Å². The predicted octanol–water partition coefficient (Wildman–Crippen LogP) is 3.26. The second-order valence-corrected chi connectivity index (χ2v) is 9.48. The smallest absolute Gasteiger partial charge is 0.251 e. The number of amides is 1. The molecule has 2 aromatic rings. The first-order valence-electron chi connectivity index (χ1n) is 9.69. The lowest BCUT2D eigenvalue weighted by molar-refractivity contribution is 0.0950. The molecule has 7 nitrogen and oxygen atoms in total. The molecule has 0 saturated carbocycles. The summed E-state index contributed by atoms with van der Waals surface area (Å²) in [5.74, 6) is 0.383. The Morgan fingerprint density at radius 1 is 1.13 bits per heavy atom. The Morgan fingerprint density at radius 2 is 1.83 bits per heavy atom. The first-order valence-corrected chi connectivity index (χ1v) is 11.7. The molecular formula is C21H25ClN2O5S. The van der Waals surface area contributed by atoms with E-state index in [0.717, 1.165) is 12.0 Å².